The lowest BCUT2D eigenvalue weighted by Crippen LogP contribution is -2.60. The van der Waals surface area contributed by atoms with Crippen molar-refractivity contribution in [2.45, 2.75) is 50.2 Å². The van der Waals surface area contributed by atoms with E-state index in [4.69, 9.17) is 17.3 Å². The summed E-state index contributed by atoms with van der Waals surface area (Å²) in [4.78, 5) is 28.7. The van der Waals surface area contributed by atoms with Crippen LogP contribution >= 0.6 is 11.6 Å². The highest BCUT2D eigenvalue weighted by atomic mass is 35.5. The molecule has 1 fully saturated rings. The summed E-state index contributed by atoms with van der Waals surface area (Å²) in [5, 5.41) is 7.34. The Bertz CT molecular complexity index is 1240. The van der Waals surface area contributed by atoms with E-state index in [1.54, 1.807) is 18.2 Å². The number of nitrogens with zero attached hydrogens (tertiary/aromatic N) is 1. The standard InChI is InChI=1S/C33H39ClN4O2/c1-33(2,37-31(39)18-15-24-13-16-27(34)17-14-24)30-20-22-38(32(40)29(36-30)19-21-35)23-28(25-9-5-3-6-10-25)26-11-7-4-8-12-26/h3-18,28-30,36H,19-23,35H2,1-2H3,(H,37,39)/t29-,30-/m0/s1. The fraction of sp³-hybridized carbons (Fsp3) is 0.333. The molecule has 0 aliphatic carbocycles. The van der Waals surface area contributed by atoms with Crippen LogP contribution in [0.4, 0.5) is 0 Å². The summed E-state index contributed by atoms with van der Waals surface area (Å²) in [5.41, 5.74) is 8.57. The Kier molecular flexibility index (Phi) is 10.2. The van der Waals surface area contributed by atoms with Crippen LogP contribution in [0.2, 0.25) is 5.02 Å². The van der Waals surface area contributed by atoms with Gasteiger partial charge in [-0.3, -0.25) is 9.59 Å². The van der Waals surface area contributed by atoms with Crippen molar-refractivity contribution < 1.29 is 9.59 Å². The van der Waals surface area contributed by atoms with E-state index in [1.165, 1.54) is 17.2 Å². The number of amides is 2. The fourth-order valence-electron chi connectivity index (χ4n) is 5.32. The molecule has 4 N–H and O–H groups in total. The molecule has 6 nitrogen and oxygen atoms in total. The summed E-state index contributed by atoms with van der Waals surface area (Å²) in [5.74, 6) is -0.0977. The summed E-state index contributed by atoms with van der Waals surface area (Å²) in [6, 6.07) is 27.4. The first-order valence-electron chi connectivity index (χ1n) is 13.9. The third kappa shape index (κ3) is 7.81. The van der Waals surface area contributed by atoms with Crippen molar-refractivity contribution in [1.29, 1.82) is 0 Å². The van der Waals surface area contributed by atoms with Gasteiger partial charge >= 0.3 is 0 Å². The third-order valence-electron chi connectivity index (χ3n) is 7.58. The summed E-state index contributed by atoms with van der Waals surface area (Å²) in [6.07, 6.45) is 4.50. The number of benzene rings is 3. The molecule has 0 aromatic heterocycles. The van der Waals surface area contributed by atoms with Gasteiger partial charge < -0.3 is 21.3 Å². The van der Waals surface area contributed by atoms with Crippen molar-refractivity contribution >= 4 is 29.5 Å². The number of nitrogens with two attached hydrogens (primary N) is 1. The van der Waals surface area contributed by atoms with E-state index in [0.29, 0.717) is 37.5 Å². The molecule has 0 unspecified atom stereocenters. The molecule has 40 heavy (non-hydrogen) atoms. The van der Waals surface area contributed by atoms with Crippen LogP contribution in [-0.4, -0.2) is 54.0 Å². The summed E-state index contributed by atoms with van der Waals surface area (Å²) >= 11 is 5.96. The monoisotopic (exact) mass is 558 g/mol. The highest BCUT2D eigenvalue weighted by molar-refractivity contribution is 6.30. The van der Waals surface area contributed by atoms with Crippen LogP contribution in [0.1, 0.15) is 49.3 Å². The topological polar surface area (TPSA) is 87.5 Å². The highest BCUT2D eigenvalue weighted by Crippen LogP contribution is 2.28. The molecular weight excluding hydrogens is 520 g/mol. The number of hydrogen-bond donors (Lipinski definition) is 3. The van der Waals surface area contributed by atoms with Gasteiger partial charge in [0.15, 0.2) is 0 Å². The molecule has 210 valence electrons. The van der Waals surface area contributed by atoms with Crippen LogP contribution in [0.15, 0.2) is 91.0 Å². The van der Waals surface area contributed by atoms with E-state index < -0.39 is 11.6 Å². The summed E-state index contributed by atoms with van der Waals surface area (Å²) < 4.78 is 0. The van der Waals surface area contributed by atoms with E-state index in [0.717, 1.165) is 5.56 Å². The summed E-state index contributed by atoms with van der Waals surface area (Å²) in [6.45, 7) is 5.53. The molecule has 4 rings (SSSR count). The number of halogens is 1. The number of hydrogen-bond acceptors (Lipinski definition) is 4. The van der Waals surface area contributed by atoms with Crippen LogP contribution in [0.25, 0.3) is 6.08 Å². The number of rotatable bonds is 10. The molecule has 1 heterocycles. The average molecular weight is 559 g/mol. The van der Waals surface area contributed by atoms with Gasteiger partial charge in [-0.2, -0.15) is 0 Å². The first kappa shape index (κ1) is 29.5. The van der Waals surface area contributed by atoms with Crippen molar-refractivity contribution in [3.05, 3.63) is 113 Å². The zero-order valence-electron chi connectivity index (χ0n) is 23.2. The zero-order valence-corrected chi connectivity index (χ0v) is 24.0. The minimum atomic E-state index is -0.608. The molecule has 3 aromatic rings. The van der Waals surface area contributed by atoms with E-state index in [9.17, 15) is 9.59 Å². The first-order valence-corrected chi connectivity index (χ1v) is 14.2. The Morgan fingerprint density at radius 1 is 1.05 bits per heavy atom. The van der Waals surface area contributed by atoms with Crippen molar-refractivity contribution in [1.82, 2.24) is 15.5 Å². The molecule has 2 amide bonds. The fourth-order valence-corrected chi connectivity index (χ4v) is 5.45. The van der Waals surface area contributed by atoms with Gasteiger partial charge in [0.05, 0.1) is 11.6 Å². The molecule has 2 atom stereocenters. The van der Waals surface area contributed by atoms with Crippen molar-refractivity contribution in [2.75, 3.05) is 19.6 Å². The molecule has 1 aliphatic heterocycles. The largest absolute Gasteiger partial charge is 0.346 e. The van der Waals surface area contributed by atoms with Gasteiger partial charge in [0, 0.05) is 36.1 Å². The molecule has 1 aliphatic rings. The van der Waals surface area contributed by atoms with E-state index in [2.05, 4.69) is 34.9 Å². The van der Waals surface area contributed by atoms with Gasteiger partial charge in [0.25, 0.3) is 0 Å². The average Bonchev–Trinajstić information content (AvgIpc) is 3.11. The maximum atomic E-state index is 13.8. The van der Waals surface area contributed by atoms with Crippen LogP contribution in [0.3, 0.4) is 0 Å². The van der Waals surface area contributed by atoms with Gasteiger partial charge in [-0.1, -0.05) is 84.4 Å². The minimum absolute atomic E-state index is 0.0483. The Labute approximate surface area is 242 Å². The minimum Gasteiger partial charge on any atom is -0.346 e. The second kappa shape index (κ2) is 13.8. The van der Waals surface area contributed by atoms with E-state index >= 15 is 0 Å². The SMILES string of the molecule is CC(C)(NC(=O)C=Cc1ccc(Cl)cc1)[C@@H]1CCN(CC(c2ccccc2)c2ccccc2)C(=O)[C@H](CCN)N1. The lowest BCUT2D eigenvalue weighted by Gasteiger charge is -2.36. The molecule has 0 radical (unpaired) electrons. The second-order valence-electron chi connectivity index (χ2n) is 10.9. The molecule has 3 aromatic carbocycles. The van der Waals surface area contributed by atoms with Gasteiger partial charge in [-0.15, -0.1) is 0 Å². The highest BCUT2D eigenvalue weighted by Gasteiger charge is 2.38. The van der Waals surface area contributed by atoms with Gasteiger partial charge in [-0.25, -0.2) is 0 Å². The van der Waals surface area contributed by atoms with Crippen molar-refractivity contribution in [2.24, 2.45) is 5.73 Å². The van der Waals surface area contributed by atoms with Gasteiger partial charge in [0.1, 0.15) is 0 Å². The smallest absolute Gasteiger partial charge is 0.244 e. The maximum Gasteiger partial charge on any atom is 0.244 e. The lowest BCUT2D eigenvalue weighted by molar-refractivity contribution is -0.133. The van der Waals surface area contributed by atoms with Gasteiger partial charge in [0.2, 0.25) is 11.8 Å². The zero-order chi connectivity index (χ0) is 28.5. The van der Waals surface area contributed by atoms with Crippen LogP contribution < -0.4 is 16.4 Å². The Morgan fingerprint density at radius 3 is 2.23 bits per heavy atom. The Balaban J connectivity index is 1.50. The molecule has 1 saturated heterocycles. The van der Waals surface area contributed by atoms with Crippen molar-refractivity contribution in [3.8, 4) is 0 Å². The van der Waals surface area contributed by atoms with Crippen molar-refractivity contribution in [3.63, 3.8) is 0 Å². The number of nitrogens with one attached hydrogen (secondary N) is 2. The molecule has 0 bridgehead atoms. The van der Waals surface area contributed by atoms with Crippen LogP contribution in [0.5, 0.6) is 0 Å². The predicted molar refractivity (Wildman–Crippen MR) is 163 cm³/mol. The summed E-state index contributed by atoms with van der Waals surface area (Å²) in [7, 11) is 0. The second-order valence-corrected chi connectivity index (χ2v) is 11.3. The predicted octanol–water partition coefficient (Wildman–Crippen LogP) is 4.99. The number of carbonyl (C=O) groups excluding carboxylic acids is 2. The quantitative estimate of drug-likeness (QED) is 0.306. The van der Waals surface area contributed by atoms with E-state index in [1.807, 2.05) is 67.3 Å². The molecule has 0 saturated carbocycles. The van der Waals surface area contributed by atoms with Gasteiger partial charge in [-0.05, 0) is 68.1 Å². The lowest BCUT2D eigenvalue weighted by atomic mass is 9.90. The van der Waals surface area contributed by atoms with Crippen LogP contribution in [-0.2, 0) is 9.59 Å². The third-order valence-corrected chi connectivity index (χ3v) is 7.83. The Hall–Kier alpha value is -3.45. The van der Waals surface area contributed by atoms with Crippen LogP contribution in [0, 0.1) is 0 Å². The number of carbonyl (C=O) groups is 2. The maximum absolute atomic E-state index is 13.8. The molecule has 0 spiro atoms. The Morgan fingerprint density at radius 2 is 1.65 bits per heavy atom. The molecule has 7 heteroatoms. The normalized spacial score (nSPS) is 18.2. The van der Waals surface area contributed by atoms with E-state index in [-0.39, 0.29) is 23.8 Å². The first-order chi connectivity index (χ1) is 19.3. The molecular formula is C33H39ClN4O2.